The lowest BCUT2D eigenvalue weighted by molar-refractivity contribution is -0.128. The average Bonchev–Trinajstić information content (AvgIpc) is 3.08. The van der Waals surface area contributed by atoms with Crippen molar-refractivity contribution < 1.29 is 23.5 Å². The fourth-order valence-corrected chi connectivity index (χ4v) is 6.44. The highest BCUT2D eigenvalue weighted by atomic mass is 19.1. The molecule has 0 bridgehead atoms. The van der Waals surface area contributed by atoms with E-state index in [1.807, 2.05) is 32.8 Å². The maximum absolute atomic E-state index is 16.4. The van der Waals surface area contributed by atoms with Gasteiger partial charge < -0.3 is 25.1 Å². The molecule has 4 aromatic rings. The van der Waals surface area contributed by atoms with Crippen molar-refractivity contribution in [2.45, 2.75) is 39.2 Å². The Morgan fingerprint density at radius 3 is 2.59 bits per heavy atom. The summed E-state index contributed by atoms with van der Waals surface area (Å²) in [5.74, 6) is -3.83. The first kappa shape index (κ1) is 36.6. The van der Waals surface area contributed by atoms with Crippen LogP contribution in [0.4, 0.5) is 14.5 Å². The standard InChI is InChI=1S/C37H40F2N8O4/c1-7-28(49)46-18-17-45(20-23(46)11-13-40)34-24-19-26(39)32(29-25(38)9-8-10-27(29)48)43-35(24)47(33-22(4)12-14-41-31(33)21(2)3)37(51)30(34)36(50)42-15-16-44(5)6/h7-10,12,14,19,21,23,48H,1,11,15-18,20H2,2-6H3,(H,42,50)/t23-/m0/s1. The predicted molar refractivity (Wildman–Crippen MR) is 190 cm³/mol. The van der Waals surface area contributed by atoms with Gasteiger partial charge in [0.05, 0.1) is 41.2 Å². The zero-order valence-electron chi connectivity index (χ0n) is 29.2. The Kier molecular flexibility index (Phi) is 10.8. The number of hydrogen-bond acceptors (Lipinski definition) is 9. The molecular formula is C37H40F2N8O4. The zero-order chi connectivity index (χ0) is 37.1. The molecule has 3 aromatic heterocycles. The Bertz CT molecular complexity index is 2100. The molecule has 5 rings (SSSR count). The summed E-state index contributed by atoms with van der Waals surface area (Å²) in [5, 5.41) is 23.2. The van der Waals surface area contributed by atoms with Gasteiger partial charge in [0.25, 0.3) is 11.5 Å². The number of hydrogen-bond donors (Lipinski definition) is 2. The molecule has 0 spiro atoms. The highest BCUT2D eigenvalue weighted by molar-refractivity contribution is 6.08. The topological polar surface area (TPSA) is 148 Å². The van der Waals surface area contributed by atoms with E-state index in [2.05, 4.69) is 27.9 Å². The molecule has 2 amide bonds. The molecular weight excluding hydrogens is 658 g/mol. The van der Waals surface area contributed by atoms with Gasteiger partial charge in [-0.2, -0.15) is 5.26 Å². The number of rotatable bonds is 10. The van der Waals surface area contributed by atoms with Crippen LogP contribution in [0.5, 0.6) is 5.75 Å². The van der Waals surface area contributed by atoms with Gasteiger partial charge in [0, 0.05) is 44.3 Å². The summed E-state index contributed by atoms with van der Waals surface area (Å²) in [6.07, 6.45) is 2.69. The number of nitrogens with zero attached hydrogens (tertiary/aromatic N) is 7. The molecule has 14 heteroatoms. The number of aryl methyl sites for hydroxylation is 1. The number of aromatic nitrogens is 3. The van der Waals surface area contributed by atoms with Crippen LogP contribution in [-0.4, -0.2) is 94.1 Å². The number of anilines is 1. The molecule has 0 radical (unpaired) electrons. The van der Waals surface area contributed by atoms with Crippen LogP contribution in [-0.2, 0) is 4.79 Å². The van der Waals surface area contributed by atoms with Crippen molar-refractivity contribution in [3.8, 4) is 28.8 Å². The molecule has 1 saturated heterocycles. The Labute approximate surface area is 294 Å². The third-order valence-electron chi connectivity index (χ3n) is 8.88. The van der Waals surface area contributed by atoms with Crippen LogP contribution in [0.3, 0.4) is 0 Å². The van der Waals surface area contributed by atoms with Gasteiger partial charge in [0.1, 0.15) is 22.8 Å². The first-order valence-electron chi connectivity index (χ1n) is 16.5. The molecule has 1 aliphatic heterocycles. The summed E-state index contributed by atoms with van der Waals surface area (Å²) in [6, 6.07) is 7.74. The van der Waals surface area contributed by atoms with E-state index in [4.69, 9.17) is 0 Å². The lowest BCUT2D eigenvalue weighted by atomic mass is 10.0. The van der Waals surface area contributed by atoms with E-state index in [9.17, 15) is 20.0 Å². The Balaban J connectivity index is 1.93. The lowest BCUT2D eigenvalue weighted by Gasteiger charge is -2.42. The number of piperazine rings is 1. The average molecular weight is 699 g/mol. The third kappa shape index (κ3) is 7.02. The van der Waals surface area contributed by atoms with Crippen LogP contribution in [0.15, 0.2) is 54.0 Å². The molecule has 0 aliphatic carbocycles. The van der Waals surface area contributed by atoms with E-state index in [-0.39, 0.29) is 66.7 Å². The van der Waals surface area contributed by atoms with Gasteiger partial charge in [-0.05, 0) is 62.8 Å². The number of pyridine rings is 3. The van der Waals surface area contributed by atoms with Crippen LogP contribution in [0.25, 0.3) is 28.0 Å². The number of benzene rings is 1. The second kappa shape index (κ2) is 15.1. The molecule has 0 saturated carbocycles. The van der Waals surface area contributed by atoms with Crippen molar-refractivity contribution in [2.24, 2.45) is 0 Å². The minimum atomic E-state index is -1.02. The largest absolute Gasteiger partial charge is 0.507 e. The van der Waals surface area contributed by atoms with E-state index < -0.39 is 46.1 Å². The number of nitrogens with one attached hydrogen (secondary N) is 1. The number of carbonyl (C=O) groups is 2. The zero-order valence-corrected chi connectivity index (χ0v) is 29.2. The molecule has 1 fully saturated rings. The van der Waals surface area contributed by atoms with Crippen LogP contribution >= 0.6 is 0 Å². The van der Waals surface area contributed by atoms with E-state index in [1.54, 1.807) is 24.1 Å². The molecule has 1 aromatic carbocycles. The normalized spacial score (nSPS) is 14.6. The number of halogens is 2. The SMILES string of the molecule is C=CC(=O)N1CCN(c2c(C(=O)NCCN(C)C)c(=O)n(-c3c(C)ccnc3C(C)C)c3nc(-c4c(O)cccc4F)c(F)cc23)C[C@@H]1CC#N. The summed E-state index contributed by atoms with van der Waals surface area (Å²) < 4.78 is 32.8. The van der Waals surface area contributed by atoms with Crippen LogP contribution < -0.4 is 15.8 Å². The van der Waals surface area contributed by atoms with Crippen molar-refractivity contribution >= 4 is 28.5 Å². The smallest absolute Gasteiger partial charge is 0.271 e. The van der Waals surface area contributed by atoms with Crippen molar-refractivity contribution in [1.29, 1.82) is 5.26 Å². The number of amides is 2. The summed E-state index contributed by atoms with van der Waals surface area (Å²) in [6.45, 7) is 9.99. The number of phenolic OH excluding ortho intramolecular Hbond substituents is 1. The van der Waals surface area contributed by atoms with Crippen LogP contribution in [0, 0.1) is 29.9 Å². The van der Waals surface area contributed by atoms with Crippen molar-refractivity contribution in [2.75, 3.05) is 51.7 Å². The predicted octanol–water partition coefficient (Wildman–Crippen LogP) is 4.27. The van der Waals surface area contributed by atoms with E-state index in [0.717, 1.165) is 18.2 Å². The molecule has 51 heavy (non-hydrogen) atoms. The molecule has 4 heterocycles. The van der Waals surface area contributed by atoms with Gasteiger partial charge in [-0.1, -0.05) is 26.5 Å². The van der Waals surface area contributed by atoms with Gasteiger partial charge in [-0.15, -0.1) is 0 Å². The van der Waals surface area contributed by atoms with Gasteiger partial charge in [0.2, 0.25) is 5.91 Å². The monoisotopic (exact) mass is 698 g/mol. The first-order valence-corrected chi connectivity index (χ1v) is 16.5. The maximum atomic E-state index is 16.4. The summed E-state index contributed by atoms with van der Waals surface area (Å²) in [4.78, 5) is 56.2. The summed E-state index contributed by atoms with van der Waals surface area (Å²) in [7, 11) is 3.66. The number of fused-ring (bicyclic) bond motifs is 1. The number of aromatic hydroxyl groups is 1. The Morgan fingerprint density at radius 2 is 1.94 bits per heavy atom. The highest BCUT2D eigenvalue weighted by Crippen LogP contribution is 2.38. The quantitative estimate of drug-likeness (QED) is 0.232. The van der Waals surface area contributed by atoms with Gasteiger partial charge in [-0.25, -0.2) is 13.8 Å². The second-order valence-electron chi connectivity index (χ2n) is 13.0. The number of nitriles is 1. The Hall–Kier alpha value is -5.68. The molecule has 0 unspecified atom stereocenters. The minimum Gasteiger partial charge on any atom is -0.507 e. The molecule has 1 atom stereocenters. The second-order valence-corrected chi connectivity index (χ2v) is 13.0. The Morgan fingerprint density at radius 1 is 1.20 bits per heavy atom. The van der Waals surface area contributed by atoms with E-state index in [0.29, 0.717) is 23.5 Å². The molecule has 12 nitrogen and oxygen atoms in total. The number of likely N-dealkylation sites (N-methyl/N-ethyl adjacent to an activating group) is 1. The van der Waals surface area contributed by atoms with Crippen molar-refractivity contribution in [3.05, 3.63) is 88.0 Å². The van der Waals surface area contributed by atoms with E-state index in [1.165, 1.54) is 21.6 Å². The van der Waals surface area contributed by atoms with Crippen LogP contribution in [0.1, 0.15) is 47.8 Å². The van der Waals surface area contributed by atoms with Crippen molar-refractivity contribution in [3.63, 3.8) is 0 Å². The lowest BCUT2D eigenvalue weighted by Crippen LogP contribution is -2.55. The summed E-state index contributed by atoms with van der Waals surface area (Å²) in [5.41, 5.74) is -0.777. The van der Waals surface area contributed by atoms with Gasteiger partial charge >= 0.3 is 0 Å². The minimum absolute atomic E-state index is 0.0182. The van der Waals surface area contributed by atoms with Gasteiger partial charge in [-0.3, -0.25) is 23.9 Å². The summed E-state index contributed by atoms with van der Waals surface area (Å²) >= 11 is 0. The molecule has 2 N–H and O–H groups in total. The first-order chi connectivity index (χ1) is 24.3. The molecule has 266 valence electrons. The van der Waals surface area contributed by atoms with E-state index >= 15 is 13.6 Å². The highest BCUT2D eigenvalue weighted by Gasteiger charge is 2.35. The van der Waals surface area contributed by atoms with Gasteiger partial charge in [0.15, 0.2) is 11.5 Å². The maximum Gasteiger partial charge on any atom is 0.271 e. The van der Waals surface area contributed by atoms with Crippen molar-refractivity contribution in [1.82, 2.24) is 29.7 Å². The number of phenols is 1. The fourth-order valence-electron chi connectivity index (χ4n) is 6.44. The van der Waals surface area contributed by atoms with Crippen LogP contribution in [0.2, 0.25) is 0 Å². The number of carbonyl (C=O) groups excluding carboxylic acids is 2. The third-order valence-corrected chi connectivity index (χ3v) is 8.88. The molecule has 1 aliphatic rings. The fraction of sp³-hybridized carbons (Fsp3) is 0.351.